The molecule has 35 heavy (non-hydrogen) atoms. The predicted molar refractivity (Wildman–Crippen MR) is 125 cm³/mol. The summed E-state index contributed by atoms with van der Waals surface area (Å²) in [6.07, 6.45) is 0.0826. The molecule has 2 aromatic rings. The van der Waals surface area contributed by atoms with Crippen LogP contribution < -0.4 is 5.32 Å². The van der Waals surface area contributed by atoms with Gasteiger partial charge in [-0.2, -0.15) is 0 Å². The van der Waals surface area contributed by atoms with Crippen LogP contribution in [0.15, 0.2) is 58.0 Å². The first-order chi connectivity index (χ1) is 16.9. The Kier molecular flexibility index (Phi) is 5.43. The second-order valence-electron chi connectivity index (χ2n) is 8.17. The molecule has 1 spiro atoms. The highest BCUT2D eigenvalue weighted by Crippen LogP contribution is 2.55. The lowest BCUT2D eigenvalue weighted by Gasteiger charge is -2.36. The van der Waals surface area contributed by atoms with E-state index in [1.54, 1.807) is 17.5 Å². The number of hydrogen-bond donors (Lipinski definition) is 1. The van der Waals surface area contributed by atoms with Gasteiger partial charge in [0, 0.05) is 5.69 Å². The monoisotopic (exact) mass is 495 g/mol. The van der Waals surface area contributed by atoms with Crippen LogP contribution in [0.4, 0.5) is 5.69 Å². The summed E-state index contributed by atoms with van der Waals surface area (Å²) in [4.78, 5) is 58.7. The number of likely N-dealkylation sites (tertiary alicyclic amines) is 1. The molecule has 2 unspecified atom stereocenters. The quantitative estimate of drug-likeness (QED) is 0.504. The molecule has 5 rings (SSSR count). The number of carbonyl (C=O) groups excluding carboxylic acids is 4. The van der Waals surface area contributed by atoms with Crippen molar-refractivity contribution in [3.8, 4) is 0 Å². The molecule has 1 saturated heterocycles. The van der Waals surface area contributed by atoms with Gasteiger partial charge in [0.15, 0.2) is 5.70 Å². The Morgan fingerprint density at radius 1 is 1.03 bits per heavy atom. The number of thiophene rings is 1. The molecule has 3 aliphatic rings. The van der Waals surface area contributed by atoms with Gasteiger partial charge in [-0.15, -0.1) is 11.3 Å². The van der Waals surface area contributed by atoms with Crippen LogP contribution in [-0.2, 0) is 34.0 Å². The molecule has 3 aliphatic heterocycles. The topological polar surface area (TPSA) is 124 Å². The highest BCUT2D eigenvalue weighted by molar-refractivity contribution is 7.12. The average molecular weight is 496 g/mol. The smallest absolute Gasteiger partial charge is 0.357 e. The van der Waals surface area contributed by atoms with Crippen LogP contribution in [0.1, 0.15) is 21.7 Å². The molecule has 0 radical (unpaired) electrons. The Labute approximate surface area is 204 Å². The van der Waals surface area contributed by atoms with Crippen molar-refractivity contribution < 1.29 is 33.4 Å². The number of para-hydroxylation sites is 1. The number of aliphatic imine (C=N–C) groups is 1. The number of amides is 1. The second-order valence-corrected chi connectivity index (χ2v) is 9.12. The lowest BCUT2D eigenvalue weighted by Crippen LogP contribution is -2.53. The van der Waals surface area contributed by atoms with Gasteiger partial charge in [0.25, 0.3) is 5.91 Å². The van der Waals surface area contributed by atoms with Crippen LogP contribution in [0.2, 0.25) is 0 Å². The molecule has 3 atom stereocenters. The van der Waals surface area contributed by atoms with Crippen molar-refractivity contribution in [1.82, 2.24) is 4.90 Å². The van der Waals surface area contributed by atoms with Crippen LogP contribution in [0.25, 0.3) is 0 Å². The van der Waals surface area contributed by atoms with Gasteiger partial charge in [-0.3, -0.25) is 9.69 Å². The minimum Gasteiger partial charge on any atom is -0.467 e. The molecule has 4 heterocycles. The van der Waals surface area contributed by atoms with Gasteiger partial charge < -0.3 is 19.5 Å². The zero-order chi connectivity index (χ0) is 24.9. The Morgan fingerprint density at radius 2 is 1.77 bits per heavy atom. The van der Waals surface area contributed by atoms with Gasteiger partial charge in [-0.1, -0.05) is 24.3 Å². The first kappa shape index (κ1) is 22.8. The Hall–Kier alpha value is -3.99. The molecular formula is C24H21N3O7S. The molecule has 1 aromatic heterocycles. The zero-order valence-electron chi connectivity index (χ0n) is 19.1. The zero-order valence-corrected chi connectivity index (χ0v) is 19.9. The van der Waals surface area contributed by atoms with Crippen molar-refractivity contribution in [2.24, 2.45) is 4.99 Å². The van der Waals surface area contributed by atoms with Crippen LogP contribution in [0.5, 0.6) is 0 Å². The van der Waals surface area contributed by atoms with E-state index in [-0.39, 0.29) is 23.5 Å². The van der Waals surface area contributed by atoms with Crippen molar-refractivity contribution in [3.05, 3.63) is 63.5 Å². The Balaban J connectivity index is 1.82. The standard InChI is InChI=1S/C24H21N3O7S/c1-32-20(29)14-11-24-12-7-4-5-8-13(12)25-18(24)16(21(30)33-2)17(22(31)34-3)26-23(24)27(14)19(28)15-9-6-10-35-15/h4-10,14,18,25H,11H2,1-3H3/t14?,18?,24-/m0/s1. The number of rotatable bonds is 4. The van der Waals surface area contributed by atoms with Crippen LogP contribution in [0, 0.1) is 0 Å². The number of benzene rings is 1. The normalized spacial score (nSPS) is 24.0. The number of hydrogen-bond acceptors (Lipinski definition) is 10. The first-order valence-corrected chi connectivity index (χ1v) is 11.6. The lowest BCUT2D eigenvalue weighted by molar-refractivity contribution is -0.144. The van der Waals surface area contributed by atoms with E-state index in [2.05, 4.69) is 10.3 Å². The third-order valence-electron chi connectivity index (χ3n) is 6.62. The SMILES string of the molecule is COC(=O)C1=C(C(=O)OC)C2Nc3ccccc3[C@@]23CC(C(=O)OC)N(C(=O)c2cccs2)C3=N1. The summed E-state index contributed by atoms with van der Waals surface area (Å²) in [5.74, 6) is -2.56. The number of fused-ring (bicyclic) bond motifs is 1. The summed E-state index contributed by atoms with van der Waals surface area (Å²) in [5, 5.41) is 5.06. The van der Waals surface area contributed by atoms with Gasteiger partial charge in [0.1, 0.15) is 11.9 Å². The maximum atomic E-state index is 13.7. The third kappa shape index (κ3) is 3.11. The van der Waals surface area contributed by atoms with E-state index in [1.807, 2.05) is 24.3 Å². The molecule has 0 saturated carbocycles. The highest BCUT2D eigenvalue weighted by Gasteiger charge is 2.66. The molecule has 0 aliphatic carbocycles. The number of nitrogens with zero attached hydrogens (tertiary/aromatic N) is 2. The second kappa shape index (κ2) is 8.35. The lowest BCUT2D eigenvalue weighted by atomic mass is 9.69. The number of amidine groups is 1. The minimum atomic E-state index is -1.12. The Morgan fingerprint density at radius 3 is 2.43 bits per heavy atom. The molecule has 0 bridgehead atoms. The summed E-state index contributed by atoms with van der Waals surface area (Å²) in [7, 11) is 3.62. The fourth-order valence-corrected chi connectivity index (χ4v) is 5.85. The molecule has 1 fully saturated rings. The summed E-state index contributed by atoms with van der Waals surface area (Å²) >= 11 is 1.22. The maximum absolute atomic E-state index is 13.7. The van der Waals surface area contributed by atoms with E-state index in [0.717, 1.165) is 5.56 Å². The van der Waals surface area contributed by atoms with Crippen molar-refractivity contribution in [3.63, 3.8) is 0 Å². The average Bonchev–Trinajstić information content (AvgIpc) is 3.61. The van der Waals surface area contributed by atoms with E-state index in [1.165, 1.54) is 37.6 Å². The number of ether oxygens (including phenoxy) is 3. The molecule has 1 amide bonds. The van der Waals surface area contributed by atoms with Crippen LogP contribution in [0.3, 0.4) is 0 Å². The van der Waals surface area contributed by atoms with E-state index >= 15 is 0 Å². The predicted octanol–water partition coefficient (Wildman–Crippen LogP) is 1.88. The van der Waals surface area contributed by atoms with E-state index in [4.69, 9.17) is 14.2 Å². The molecule has 10 nitrogen and oxygen atoms in total. The largest absolute Gasteiger partial charge is 0.467 e. The van der Waals surface area contributed by atoms with E-state index < -0.39 is 41.3 Å². The first-order valence-electron chi connectivity index (χ1n) is 10.7. The van der Waals surface area contributed by atoms with Crippen LogP contribution >= 0.6 is 11.3 Å². The summed E-state index contributed by atoms with van der Waals surface area (Å²) in [6, 6.07) is 8.80. The summed E-state index contributed by atoms with van der Waals surface area (Å²) in [6.45, 7) is 0. The number of nitrogens with one attached hydrogen (secondary N) is 1. The van der Waals surface area contributed by atoms with Crippen molar-refractivity contribution >= 4 is 46.7 Å². The van der Waals surface area contributed by atoms with Crippen LogP contribution in [-0.4, -0.2) is 68.0 Å². The van der Waals surface area contributed by atoms with Crippen molar-refractivity contribution in [1.29, 1.82) is 0 Å². The van der Waals surface area contributed by atoms with Crippen molar-refractivity contribution in [2.45, 2.75) is 23.9 Å². The van der Waals surface area contributed by atoms with Gasteiger partial charge in [0.05, 0.1) is 43.2 Å². The molecular weight excluding hydrogens is 474 g/mol. The molecule has 1 aromatic carbocycles. The van der Waals surface area contributed by atoms with Crippen molar-refractivity contribution in [2.75, 3.05) is 26.6 Å². The highest BCUT2D eigenvalue weighted by atomic mass is 32.1. The van der Waals surface area contributed by atoms with Gasteiger partial charge in [-0.05, 0) is 29.5 Å². The number of anilines is 1. The fourth-order valence-electron chi connectivity index (χ4n) is 5.19. The van der Waals surface area contributed by atoms with Gasteiger partial charge in [0.2, 0.25) is 0 Å². The third-order valence-corrected chi connectivity index (χ3v) is 7.48. The number of esters is 3. The summed E-state index contributed by atoms with van der Waals surface area (Å²) in [5.41, 5.74) is -0.0158. The summed E-state index contributed by atoms with van der Waals surface area (Å²) < 4.78 is 15.0. The Bertz CT molecular complexity index is 1320. The molecule has 11 heteroatoms. The minimum absolute atomic E-state index is 0.0339. The molecule has 1 N–H and O–H groups in total. The maximum Gasteiger partial charge on any atom is 0.357 e. The number of methoxy groups -OCH3 is 3. The van der Waals surface area contributed by atoms with Gasteiger partial charge >= 0.3 is 17.9 Å². The van der Waals surface area contributed by atoms with E-state index in [9.17, 15) is 19.2 Å². The fraction of sp³-hybridized carbons (Fsp3) is 0.292. The van der Waals surface area contributed by atoms with E-state index in [0.29, 0.717) is 10.6 Å². The number of carbonyl (C=O) groups is 4. The van der Waals surface area contributed by atoms with Gasteiger partial charge in [-0.25, -0.2) is 19.4 Å². The molecule has 180 valence electrons.